The fraction of sp³-hybridized carbons (Fsp3) is 0.0345. The van der Waals surface area contributed by atoms with Gasteiger partial charge in [-0.05, 0) is 62.4 Å². The van der Waals surface area contributed by atoms with Crippen LogP contribution in [0.4, 0.5) is 0 Å². The van der Waals surface area contributed by atoms with Gasteiger partial charge in [-0.15, -0.1) is 0 Å². The standard InChI is InChI=1S/C29H18BrCl/c30-27-18-26-28(23-14-8-7-13-22(23)27)24-16-15-21(31)17-25(24)29(26,19-9-3-1-4-10-19)20-11-5-2-6-12-20/h1-18H. The van der Waals surface area contributed by atoms with E-state index >= 15 is 0 Å². The molecule has 0 heterocycles. The van der Waals surface area contributed by atoms with Crippen LogP contribution in [-0.4, -0.2) is 0 Å². The molecule has 0 bridgehead atoms. The third-order valence-electron chi connectivity index (χ3n) is 6.47. The Morgan fingerprint density at radius 3 is 1.81 bits per heavy atom. The fourth-order valence-electron chi connectivity index (χ4n) is 5.27. The van der Waals surface area contributed by atoms with Gasteiger partial charge in [0, 0.05) is 9.50 Å². The topological polar surface area (TPSA) is 0 Å². The molecule has 2 heteroatoms. The second-order valence-electron chi connectivity index (χ2n) is 8.00. The van der Waals surface area contributed by atoms with Gasteiger partial charge in [0.1, 0.15) is 0 Å². The molecule has 0 saturated carbocycles. The Morgan fingerprint density at radius 1 is 0.581 bits per heavy atom. The molecule has 0 atom stereocenters. The van der Waals surface area contributed by atoms with E-state index in [-0.39, 0.29) is 0 Å². The lowest BCUT2D eigenvalue weighted by molar-refractivity contribution is 0.768. The summed E-state index contributed by atoms with van der Waals surface area (Å²) in [7, 11) is 0. The molecule has 0 radical (unpaired) electrons. The van der Waals surface area contributed by atoms with Crippen molar-refractivity contribution in [3.8, 4) is 11.1 Å². The Hall–Kier alpha value is -2.87. The average Bonchev–Trinajstić information content (AvgIpc) is 3.10. The average molecular weight is 482 g/mol. The summed E-state index contributed by atoms with van der Waals surface area (Å²) in [6.07, 6.45) is 0. The predicted octanol–water partition coefficient (Wildman–Crippen LogP) is 8.62. The Bertz CT molecular complexity index is 1400. The second-order valence-corrected chi connectivity index (χ2v) is 9.29. The van der Waals surface area contributed by atoms with Gasteiger partial charge in [-0.2, -0.15) is 0 Å². The van der Waals surface area contributed by atoms with Gasteiger partial charge in [-0.25, -0.2) is 0 Å². The van der Waals surface area contributed by atoms with Crippen molar-refractivity contribution in [2.45, 2.75) is 5.41 Å². The number of halogens is 2. The van der Waals surface area contributed by atoms with Crippen molar-refractivity contribution in [1.82, 2.24) is 0 Å². The van der Waals surface area contributed by atoms with Gasteiger partial charge < -0.3 is 0 Å². The van der Waals surface area contributed by atoms with Crippen LogP contribution in [0, 0.1) is 0 Å². The Balaban J connectivity index is 1.88. The Morgan fingerprint density at radius 2 is 1.16 bits per heavy atom. The summed E-state index contributed by atoms with van der Waals surface area (Å²) in [4.78, 5) is 0. The van der Waals surface area contributed by atoms with Gasteiger partial charge >= 0.3 is 0 Å². The highest BCUT2D eigenvalue weighted by atomic mass is 79.9. The third kappa shape index (κ3) is 2.60. The maximum absolute atomic E-state index is 6.61. The van der Waals surface area contributed by atoms with Crippen LogP contribution in [0.1, 0.15) is 22.3 Å². The molecule has 0 fully saturated rings. The molecule has 5 aromatic carbocycles. The molecule has 0 nitrogen and oxygen atoms in total. The molecule has 0 saturated heterocycles. The SMILES string of the molecule is Clc1ccc2c(c1)C(c1ccccc1)(c1ccccc1)c1cc(Br)c3ccccc3c1-2. The fourth-order valence-corrected chi connectivity index (χ4v) is 6.02. The molecule has 0 amide bonds. The van der Waals surface area contributed by atoms with E-state index in [1.807, 2.05) is 6.07 Å². The van der Waals surface area contributed by atoms with Crippen molar-refractivity contribution in [2.24, 2.45) is 0 Å². The van der Waals surface area contributed by atoms with E-state index < -0.39 is 5.41 Å². The third-order valence-corrected chi connectivity index (χ3v) is 7.36. The second kappa shape index (κ2) is 7.09. The van der Waals surface area contributed by atoms with E-state index in [9.17, 15) is 0 Å². The normalized spacial score (nSPS) is 13.7. The molecular weight excluding hydrogens is 464 g/mol. The van der Waals surface area contributed by atoms with Crippen molar-refractivity contribution in [3.63, 3.8) is 0 Å². The largest absolute Gasteiger partial charge is 0.0843 e. The Kier molecular flexibility index (Phi) is 4.31. The summed E-state index contributed by atoms with van der Waals surface area (Å²) in [6.45, 7) is 0. The molecule has 6 rings (SSSR count). The van der Waals surface area contributed by atoms with Crippen molar-refractivity contribution in [3.05, 3.63) is 141 Å². The lowest BCUT2D eigenvalue weighted by Crippen LogP contribution is -2.28. The van der Waals surface area contributed by atoms with E-state index in [1.54, 1.807) is 0 Å². The summed E-state index contributed by atoms with van der Waals surface area (Å²) in [5.74, 6) is 0. The molecular formula is C29H18BrCl. The van der Waals surface area contributed by atoms with Crippen molar-refractivity contribution < 1.29 is 0 Å². The van der Waals surface area contributed by atoms with Crippen LogP contribution in [0.5, 0.6) is 0 Å². The summed E-state index contributed by atoms with van der Waals surface area (Å²) in [5, 5.41) is 3.23. The molecule has 31 heavy (non-hydrogen) atoms. The zero-order valence-corrected chi connectivity index (χ0v) is 19.0. The quantitative estimate of drug-likeness (QED) is 0.232. The van der Waals surface area contributed by atoms with Crippen molar-refractivity contribution >= 4 is 38.3 Å². The minimum absolute atomic E-state index is 0.440. The highest BCUT2D eigenvalue weighted by Crippen LogP contribution is 2.58. The van der Waals surface area contributed by atoms with Gasteiger partial charge in [0.2, 0.25) is 0 Å². The molecule has 0 aromatic heterocycles. The first-order valence-electron chi connectivity index (χ1n) is 10.3. The maximum atomic E-state index is 6.61. The van der Waals surface area contributed by atoms with Crippen LogP contribution in [0.25, 0.3) is 21.9 Å². The molecule has 1 aliphatic rings. The predicted molar refractivity (Wildman–Crippen MR) is 134 cm³/mol. The van der Waals surface area contributed by atoms with Gasteiger partial charge in [0.25, 0.3) is 0 Å². The van der Waals surface area contributed by atoms with E-state index in [0.717, 1.165) is 9.50 Å². The van der Waals surface area contributed by atoms with Crippen LogP contribution in [0.2, 0.25) is 5.02 Å². The number of hydrogen-bond donors (Lipinski definition) is 0. The van der Waals surface area contributed by atoms with Gasteiger partial charge in [0.05, 0.1) is 5.41 Å². The molecule has 5 aromatic rings. The monoisotopic (exact) mass is 480 g/mol. The molecule has 0 unspecified atom stereocenters. The minimum Gasteiger partial charge on any atom is -0.0843 e. The molecule has 0 aliphatic heterocycles. The van der Waals surface area contributed by atoms with Crippen LogP contribution in [-0.2, 0) is 5.41 Å². The summed E-state index contributed by atoms with van der Waals surface area (Å²) in [5.41, 5.74) is 7.10. The first-order valence-corrected chi connectivity index (χ1v) is 11.5. The molecule has 148 valence electrons. The molecule has 0 N–H and O–H groups in total. The number of benzene rings is 5. The van der Waals surface area contributed by atoms with Crippen LogP contribution < -0.4 is 0 Å². The zero-order valence-electron chi connectivity index (χ0n) is 16.6. The lowest BCUT2D eigenvalue weighted by atomic mass is 9.67. The number of fused-ring (bicyclic) bond motifs is 5. The first kappa shape index (κ1) is 18.9. The molecule has 1 aliphatic carbocycles. The highest BCUT2D eigenvalue weighted by Gasteiger charge is 2.47. The maximum Gasteiger partial charge on any atom is 0.0714 e. The van der Waals surface area contributed by atoms with E-state index in [2.05, 4.69) is 119 Å². The van der Waals surface area contributed by atoms with Crippen molar-refractivity contribution in [2.75, 3.05) is 0 Å². The minimum atomic E-state index is -0.440. The Labute approximate surface area is 195 Å². The molecule has 0 spiro atoms. The van der Waals surface area contributed by atoms with Crippen LogP contribution in [0.15, 0.2) is 114 Å². The summed E-state index contributed by atoms with van der Waals surface area (Å²) >= 11 is 10.5. The lowest BCUT2D eigenvalue weighted by Gasteiger charge is -2.34. The van der Waals surface area contributed by atoms with Gasteiger partial charge in [0.15, 0.2) is 0 Å². The summed E-state index contributed by atoms with van der Waals surface area (Å²) < 4.78 is 1.11. The first-order chi connectivity index (χ1) is 15.2. The van der Waals surface area contributed by atoms with Gasteiger partial charge in [-0.1, -0.05) is 119 Å². The van der Waals surface area contributed by atoms with E-state index in [1.165, 1.54) is 44.2 Å². The smallest absolute Gasteiger partial charge is 0.0714 e. The van der Waals surface area contributed by atoms with Crippen molar-refractivity contribution in [1.29, 1.82) is 0 Å². The van der Waals surface area contributed by atoms with Crippen LogP contribution >= 0.6 is 27.5 Å². The van der Waals surface area contributed by atoms with Crippen LogP contribution in [0.3, 0.4) is 0 Å². The highest BCUT2D eigenvalue weighted by molar-refractivity contribution is 9.10. The summed E-state index contributed by atoms with van der Waals surface area (Å²) in [6, 6.07) is 38.9. The van der Waals surface area contributed by atoms with E-state index in [0.29, 0.717) is 0 Å². The number of rotatable bonds is 2. The van der Waals surface area contributed by atoms with E-state index in [4.69, 9.17) is 11.6 Å². The van der Waals surface area contributed by atoms with Gasteiger partial charge in [-0.3, -0.25) is 0 Å². The zero-order chi connectivity index (χ0) is 21.0. The number of hydrogen-bond acceptors (Lipinski definition) is 0.